The summed E-state index contributed by atoms with van der Waals surface area (Å²) in [6, 6.07) is 23.9. The molecule has 2 N–H and O–H groups in total. The summed E-state index contributed by atoms with van der Waals surface area (Å²) >= 11 is 6.59. The van der Waals surface area contributed by atoms with E-state index in [1.165, 1.54) is 41.0 Å². The second-order valence-corrected chi connectivity index (χ2v) is 10.8. The van der Waals surface area contributed by atoms with Gasteiger partial charge < -0.3 is 15.6 Å². The molecule has 206 valence electrons. The smallest absolute Gasteiger partial charge is 0.294 e. The van der Waals surface area contributed by atoms with Crippen LogP contribution in [-0.2, 0) is 4.79 Å². The lowest BCUT2D eigenvalue weighted by atomic mass is 9.95. The number of carbonyl (C=O) groups is 3. The molecule has 1 atom stereocenters. The Balaban J connectivity index is 1.43. The van der Waals surface area contributed by atoms with Crippen molar-refractivity contribution in [3.05, 3.63) is 106 Å². The van der Waals surface area contributed by atoms with E-state index in [-0.39, 0.29) is 34.1 Å². The van der Waals surface area contributed by atoms with Crippen LogP contribution < -0.4 is 5.84 Å². The van der Waals surface area contributed by atoms with Gasteiger partial charge in [-0.05, 0) is 30.2 Å². The van der Waals surface area contributed by atoms with Crippen LogP contribution in [0.1, 0.15) is 44.8 Å². The fourth-order valence-electron chi connectivity index (χ4n) is 5.49. The minimum Gasteiger partial charge on any atom is -0.342 e. The molecule has 4 aromatic rings. The van der Waals surface area contributed by atoms with Crippen LogP contribution in [0.25, 0.3) is 10.9 Å². The van der Waals surface area contributed by atoms with Crippen molar-refractivity contribution in [2.24, 2.45) is 0 Å². The Hall–Kier alpha value is -4.14. The van der Waals surface area contributed by atoms with Crippen molar-refractivity contribution in [1.29, 1.82) is 0 Å². The molecular weight excluding hydrogens is 526 g/mol. The van der Waals surface area contributed by atoms with E-state index in [0.717, 1.165) is 0 Å². The fourth-order valence-corrected chi connectivity index (χ4v) is 5.73. The van der Waals surface area contributed by atoms with E-state index >= 15 is 0 Å². The molecule has 0 spiro atoms. The number of ketones is 1. The van der Waals surface area contributed by atoms with Crippen molar-refractivity contribution in [1.82, 2.24) is 19.4 Å². The minimum absolute atomic E-state index is 0.0640. The molecule has 9 heteroatoms. The number of rotatable bonds is 6. The van der Waals surface area contributed by atoms with Gasteiger partial charge in [-0.2, -0.15) is 0 Å². The van der Waals surface area contributed by atoms with Gasteiger partial charge >= 0.3 is 0 Å². The fraction of sp³-hybridized carbons (Fsp3) is 0.258. The number of piperazine rings is 1. The van der Waals surface area contributed by atoms with E-state index in [1.54, 1.807) is 12.1 Å². The number of hydrogen-bond donors (Lipinski definition) is 1. The van der Waals surface area contributed by atoms with Crippen molar-refractivity contribution in [2.75, 3.05) is 39.6 Å². The number of carbonyl (C=O) groups excluding carboxylic acids is 3. The first-order chi connectivity index (χ1) is 19.2. The average Bonchev–Trinajstić information content (AvgIpc) is 3.27. The van der Waals surface area contributed by atoms with Gasteiger partial charge in [0.15, 0.2) is 0 Å². The number of hydrogen-bond acceptors (Lipinski definition) is 5. The zero-order valence-electron chi connectivity index (χ0n) is 22.8. The summed E-state index contributed by atoms with van der Waals surface area (Å²) in [5, 5.41) is 0.649. The van der Waals surface area contributed by atoms with Crippen LogP contribution in [0.5, 0.6) is 0 Å². The van der Waals surface area contributed by atoms with E-state index < -0.39 is 11.7 Å². The van der Waals surface area contributed by atoms with Gasteiger partial charge in [0.25, 0.3) is 17.6 Å². The topological polar surface area (TPSA) is 91.9 Å². The molecule has 1 aliphatic rings. The zero-order valence-corrected chi connectivity index (χ0v) is 23.5. The molecule has 0 radical (unpaired) electrons. The molecule has 0 aliphatic carbocycles. The number of likely N-dealkylation sites (N-methyl/N-ethyl adjacent to an activating group) is 1. The van der Waals surface area contributed by atoms with Gasteiger partial charge in [-0.25, -0.2) is 0 Å². The zero-order chi connectivity index (χ0) is 28.6. The Morgan fingerprint density at radius 3 is 2.08 bits per heavy atom. The lowest BCUT2D eigenvalue weighted by molar-refractivity contribution is -0.124. The number of fused-ring (bicyclic) bond motifs is 1. The molecule has 1 fully saturated rings. The lowest BCUT2D eigenvalue weighted by Crippen LogP contribution is -2.54. The van der Waals surface area contributed by atoms with E-state index in [0.29, 0.717) is 30.5 Å². The van der Waals surface area contributed by atoms with Gasteiger partial charge in [0, 0.05) is 51.4 Å². The predicted octanol–water partition coefficient (Wildman–Crippen LogP) is 4.22. The third kappa shape index (κ3) is 5.08. The largest absolute Gasteiger partial charge is 0.342 e. The van der Waals surface area contributed by atoms with E-state index in [9.17, 15) is 14.4 Å². The number of aromatic nitrogens is 1. The molecule has 5 rings (SSSR count). The van der Waals surface area contributed by atoms with Gasteiger partial charge in [0.1, 0.15) is 0 Å². The number of amides is 2. The Labute approximate surface area is 238 Å². The van der Waals surface area contributed by atoms with Crippen molar-refractivity contribution >= 4 is 40.1 Å². The summed E-state index contributed by atoms with van der Waals surface area (Å²) in [5.41, 5.74) is 3.26. The van der Waals surface area contributed by atoms with Crippen molar-refractivity contribution in [3.8, 4) is 0 Å². The molecule has 2 heterocycles. The monoisotopic (exact) mass is 557 g/mol. The number of benzene rings is 3. The summed E-state index contributed by atoms with van der Waals surface area (Å²) in [6.07, 6.45) is 1.40. The SMILES string of the molecule is CC1CN(C(c2ccccc2)c2ccccc2)CCN1C(=O)c1cc2c(C(=O)C(=O)N(C)C)cn(N)c2cc1Cl. The molecule has 1 unspecified atom stereocenters. The molecule has 0 saturated carbocycles. The van der Waals surface area contributed by atoms with Crippen LogP contribution in [0.2, 0.25) is 5.02 Å². The van der Waals surface area contributed by atoms with Crippen LogP contribution in [0, 0.1) is 0 Å². The maximum atomic E-state index is 13.8. The molecular formula is C31H32ClN5O3. The summed E-state index contributed by atoms with van der Waals surface area (Å²) in [7, 11) is 3.02. The van der Waals surface area contributed by atoms with E-state index in [4.69, 9.17) is 17.4 Å². The number of nitrogens with two attached hydrogens (primary N) is 1. The molecule has 0 bridgehead atoms. The number of nitrogens with zero attached hydrogens (tertiary/aromatic N) is 4. The summed E-state index contributed by atoms with van der Waals surface area (Å²) in [6.45, 7) is 3.88. The lowest BCUT2D eigenvalue weighted by Gasteiger charge is -2.43. The van der Waals surface area contributed by atoms with Gasteiger partial charge in [-0.1, -0.05) is 72.3 Å². The molecule has 2 amide bonds. The third-order valence-corrected chi connectivity index (χ3v) is 7.83. The molecule has 1 saturated heterocycles. The second-order valence-electron chi connectivity index (χ2n) is 10.4. The maximum Gasteiger partial charge on any atom is 0.294 e. The number of halogens is 1. The molecule has 1 aromatic heterocycles. The van der Waals surface area contributed by atoms with E-state index in [2.05, 4.69) is 29.2 Å². The second kappa shape index (κ2) is 11.2. The quantitative estimate of drug-likeness (QED) is 0.218. The Morgan fingerprint density at radius 2 is 1.52 bits per heavy atom. The van der Waals surface area contributed by atoms with Crippen LogP contribution in [0.15, 0.2) is 79.0 Å². The first kappa shape index (κ1) is 27.4. The minimum atomic E-state index is -0.699. The normalized spacial score (nSPS) is 15.9. The van der Waals surface area contributed by atoms with Crippen LogP contribution >= 0.6 is 11.6 Å². The predicted molar refractivity (Wildman–Crippen MR) is 157 cm³/mol. The van der Waals surface area contributed by atoms with Crippen LogP contribution in [-0.4, -0.2) is 76.7 Å². The molecule has 40 heavy (non-hydrogen) atoms. The first-order valence-electron chi connectivity index (χ1n) is 13.2. The molecule has 8 nitrogen and oxygen atoms in total. The highest BCUT2D eigenvalue weighted by Gasteiger charge is 2.34. The summed E-state index contributed by atoms with van der Waals surface area (Å²) in [5.74, 6) is 4.47. The summed E-state index contributed by atoms with van der Waals surface area (Å²) < 4.78 is 1.25. The van der Waals surface area contributed by atoms with Crippen LogP contribution in [0.4, 0.5) is 0 Å². The Bertz CT molecular complexity index is 1530. The number of nitrogen functional groups attached to an aromatic ring is 1. The van der Waals surface area contributed by atoms with Crippen LogP contribution in [0.3, 0.4) is 0 Å². The highest BCUT2D eigenvalue weighted by atomic mass is 35.5. The van der Waals surface area contributed by atoms with Gasteiger partial charge in [0.05, 0.1) is 27.7 Å². The van der Waals surface area contributed by atoms with Gasteiger partial charge in [0.2, 0.25) is 0 Å². The highest BCUT2D eigenvalue weighted by molar-refractivity contribution is 6.45. The van der Waals surface area contributed by atoms with E-state index in [1.807, 2.05) is 48.2 Å². The number of Topliss-reactive ketones (excluding diaryl/α,β-unsaturated/α-hetero) is 1. The molecule has 1 aliphatic heterocycles. The van der Waals surface area contributed by atoms with Gasteiger partial charge in [-0.15, -0.1) is 0 Å². The van der Waals surface area contributed by atoms with Gasteiger partial charge in [-0.3, -0.25) is 24.0 Å². The third-order valence-electron chi connectivity index (χ3n) is 7.51. The Kier molecular flexibility index (Phi) is 7.65. The highest BCUT2D eigenvalue weighted by Crippen LogP contribution is 2.33. The Morgan fingerprint density at radius 1 is 0.925 bits per heavy atom. The maximum absolute atomic E-state index is 13.8. The van der Waals surface area contributed by atoms with Crippen molar-refractivity contribution in [2.45, 2.75) is 19.0 Å². The first-order valence-corrected chi connectivity index (χ1v) is 13.6. The standard InChI is InChI=1S/C31H32ClN5O3/c1-20-18-35(28(21-10-6-4-7-11-21)22-12-8-5-9-13-22)14-15-36(20)30(39)24-16-23-25(29(38)31(40)34(2)3)19-37(33)27(23)17-26(24)32/h4-13,16-17,19-20,28H,14-15,18,33H2,1-3H3. The van der Waals surface area contributed by atoms with Crippen molar-refractivity contribution in [3.63, 3.8) is 0 Å². The average molecular weight is 558 g/mol. The van der Waals surface area contributed by atoms with Crippen molar-refractivity contribution < 1.29 is 14.4 Å². The molecule has 3 aromatic carbocycles. The summed E-state index contributed by atoms with van der Waals surface area (Å²) in [4.78, 5) is 44.5.